The molecule has 1 saturated carbocycles. The van der Waals surface area contributed by atoms with Crippen LogP contribution < -0.4 is 15.5 Å². The van der Waals surface area contributed by atoms with Crippen molar-refractivity contribution < 1.29 is 0 Å². The highest BCUT2D eigenvalue weighted by molar-refractivity contribution is 6.35. The highest BCUT2D eigenvalue weighted by Gasteiger charge is 2.22. The van der Waals surface area contributed by atoms with Gasteiger partial charge in [-0.25, -0.2) is 4.98 Å². The number of benzene rings is 2. The summed E-state index contributed by atoms with van der Waals surface area (Å²) in [5.41, 5.74) is 1.94. The van der Waals surface area contributed by atoms with Crippen LogP contribution in [0.2, 0.25) is 10.0 Å². The first-order valence-corrected chi connectivity index (χ1v) is 11.1. The summed E-state index contributed by atoms with van der Waals surface area (Å²) in [6.45, 7) is 0.696. The first-order valence-electron chi connectivity index (χ1n) is 10.4. The van der Waals surface area contributed by atoms with Crippen molar-refractivity contribution in [3.8, 4) is 0 Å². The van der Waals surface area contributed by atoms with Crippen LogP contribution in [0.5, 0.6) is 0 Å². The Hall–Kier alpha value is -2.08. The number of fused-ring (bicyclic) bond motifs is 1. The minimum Gasteiger partial charge on any atom is -0.362 e. The number of nitrogens with zero attached hydrogens (tertiary/aromatic N) is 3. The highest BCUT2D eigenvalue weighted by atomic mass is 35.5. The van der Waals surface area contributed by atoms with Gasteiger partial charge in [-0.2, -0.15) is 4.98 Å². The van der Waals surface area contributed by atoms with E-state index in [4.69, 9.17) is 33.2 Å². The van der Waals surface area contributed by atoms with Crippen LogP contribution in [0.1, 0.15) is 38.7 Å². The van der Waals surface area contributed by atoms with Gasteiger partial charge in [-0.3, -0.25) is 0 Å². The lowest BCUT2D eigenvalue weighted by molar-refractivity contribution is 0.352. The maximum absolute atomic E-state index is 6.29. The van der Waals surface area contributed by atoms with Crippen LogP contribution in [0.25, 0.3) is 10.9 Å². The molecule has 0 aliphatic heterocycles. The Morgan fingerprint density at radius 2 is 1.55 bits per heavy atom. The number of para-hydroxylation sites is 1. The number of rotatable bonds is 6. The van der Waals surface area contributed by atoms with Crippen molar-refractivity contribution in [2.75, 3.05) is 24.3 Å². The third-order valence-electron chi connectivity index (χ3n) is 5.70. The van der Waals surface area contributed by atoms with Crippen molar-refractivity contribution >= 4 is 45.9 Å². The molecule has 1 heterocycles. The monoisotopic (exact) mass is 459 g/mol. The topological polar surface area (TPSA) is 53.1 Å². The van der Waals surface area contributed by atoms with E-state index in [1.807, 2.05) is 55.4 Å². The number of nitrogens with one attached hydrogen (secondary N) is 2. The molecule has 1 aromatic heterocycles. The molecular formula is C24H31Cl2N5. The van der Waals surface area contributed by atoms with Gasteiger partial charge in [0.1, 0.15) is 5.82 Å². The van der Waals surface area contributed by atoms with Crippen molar-refractivity contribution in [1.82, 2.24) is 15.3 Å². The Morgan fingerprint density at radius 3 is 2.23 bits per heavy atom. The van der Waals surface area contributed by atoms with Crippen LogP contribution in [-0.2, 0) is 6.54 Å². The van der Waals surface area contributed by atoms with E-state index in [-0.39, 0.29) is 7.43 Å². The summed E-state index contributed by atoms with van der Waals surface area (Å²) in [5, 5.41) is 9.68. The van der Waals surface area contributed by atoms with Crippen LogP contribution in [-0.4, -0.2) is 36.1 Å². The zero-order valence-corrected chi connectivity index (χ0v) is 18.8. The Balaban J connectivity index is 0.00000272. The van der Waals surface area contributed by atoms with E-state index in [0.29, 0.717) is 24.6 Å². The van der Waals surface area contributed by atoms with Gasteiger partial charge in [0.25, 0.3) is 0 Å². The first kappa shape index (κ1) is 23.6. The van der Waals surface area contributed by atoms with Gasteiger partial charge in [-0.05, 0) is 49.9 Å². The van der Waals surface area contributed by atoms with Gasteiger partial charge < -0.3 is 15.5 Å². The van der Waals surface area contributed by atoms with E-state index in [1.165, 1.54) is 0 Å². The number of halogens is 2. The second kappa shape index (κ2) is 10.5. The molecule has 5 nitrogen and oxygen atoms in total. The number of hydrogen-bond acceptors (Lipinski definition) is 5. The molecule has 0 saturated heterocycles. The smallest absolute Gasteiger partial charge is 0.225 e. The molecule has 0 bridgehead atoms. The lowest BCUT2D eigenvalue weighted by atomic mass is 9.91. The molecule has 0 atom stereocenters. The number of aromatic nitrogens is 2. The average Bonchev–Trinajstić information content (AvgIpc) is 2.74. The van der Waals surface area contributed by atoms with Gasteiger partial charge in [0.05, 0.1) is 5.52 Å². The molecule has 1 aliphatic rings. The maximum atomic E-state index is 6.29. The fourth-order valence-corrected chi connectivity index (χ4v) is 4.57. The van der Waals surface area contributed by atoms with Crippen LogP contribution >= 0.6 is 23.2 Å². The standard InChI is InChI=1S/C23H27Cl2N5.CH4/c1-30(2)22-17-6-3-4-9-21(17)28-23(29-22)27-16-12-10-15(11-13-16)26-14-18-19(24)7-5-8-20(18)25;/h3-9,15-16,26H,10-14H2,1-2H3,(H,27,28,29);1H4. The van der Waals surface area contributed by atoms with E-state index in [2.05, 4.69) is 16.7 Å². The highest BCUT2D eigenvalue weighted by Crippen LogP contribution is 2.28. The summed E-state index contributed by atoms with van der Waals surface area (Å²) in [4.78, 5) is 11.5. The number of hydrogen-bond donors (Lipinski definition) is 2. The fraction of sp³-hybridized carbons (Fsp3) is 0.417. The van der Waals surface area contributed by atoms with Gasteiger partial charge in [0.15, 0.2) is 0 Å². The average molecular weight is 460 g/mol. The molecule has 0 amide bonds. The van der Waals surface area contributed by atoms with Crippen LogP contribution in [0.15, 0.2) is 42.5 Å². The van der Waals surface area contributed by atoms with E-state index in [1.54, 1.807) is 0 Å². The molecule has 0 radical (unpaired) electrons. The molecule has 1 fully saturated rings. The van der Waals surface area contributed by atoms with Crippen molar-refractivity contribution in [3.63, 3.8) is 0 Å². The zero-order valence-electron chi connectivity index (χ0n) is 17.3. The predicted molar refractivity (Wildman–Crippen MR) is 134 cm³/mol. The molecule has 3 aromatic rings. The lowest BCUT2D eigenvalue weighted by Gasteiger charge is -2.30. The first-order chi connectivity index (χ1) is 14.5. The molecule has 166 valence electrons. The van der Waals surface area contributed by atoms with Gasteiger partial charge in [0, 0.05) is 53.7 Å². The van der Waals surface area contributed by atoms with Crippen molar-refractivity contribution in [3.05, 3.63) is 58.1 Å². The Labute approximate surface area is 195 Å². The van der Waals surface area contributed by atoms with Crippen LogP contribution in [0.4, 0.5) is 11.8 Å². The normalized spacial score (nSPS) is 18.5. The summed E-state index contributed by atoms with van der Waals surface area (Å²) in [6.07, 6.45) is 4.32. The Kier molecular flexibility index (Phi) is 7.98. The SMILES string of the molecule is C.CN(C)c1nc(NC2CCC(NCc3c(Cl)cccc3Cl)CC2)nc2ccccc12. The van der Waals surface area contributed by atoms with E-state index in [0.717, 1.165) is 58.0 Å². The van der Waals surface area contributed by atoms with Gasteiger partial charge in [-0.15, -0.1) is 0 Å². The molecule has 4 rings (SSSR count). The molecule has 0 spiro atoms. The fourth-order valence-electron chi connectivity index (χ4n) is 4.04. The summed E-state index contributed by atoms with van der Waals surface area (Å²) < 4.78 is 0. The van der Waals surface area contributed by atoms with E-state index in [9.17, 15) is 0 Å². The molecule has 1 aliphatic carbocycles. The molecule has 0 unspecified atom stereocenters. The minimum absolute atomic E-state index is 0. The van der Waals surface area contributed by atoms with E-state index >= 15 is 0 Å². The second-order valence-corrected chi connectivity index (χ2v) is 8.87. The van der Waals surface area contributed by atoms with E-state index < -0.39 is 0 Å². The molecule has 2 aromatic carbocycles. The third-order valence-corrected chi connectivity index (χ3v) is 6.40. The second-order valence-electron chi connectivity index (χ2n) is 8.06. The minimum atomic E-state index is 0. The van der Waals surface area contributed by atoms with Crippen molar-refractivity contribution in [2.45, 2.75) is 51.7 Å². The summed E-state index contributed by atoms with van der Waals surface area (Å²) >= 11 is 12.6. The molecule has 7 heteroatoms. The van der Waals surface area contributed by atoms with Crippen LogP contribution in [0.3, 0.4) is 0 Å². The molecular weight excluding hydrogens is 429 g/mol. The number of anilines is 2. The summed E-state index contributed by atoms with van der Waals surface area (Å²) in [5.74, 6) is 1.65. The summed E-state index contributed by atoms with van der Waals surface area (Å²) in [7, 11) is 4.03. The largest absolute Gasteiger partial charge is 0.362 e. The van der Waals surface area contributed by atoms with Gasteiger partial charge >= 0.3 is 0 Å². The Morgan fingerprint density at radius 1 is 0.903 bits per heavy atom. The maximum Gasteiger partial charge on any atom is 0.225 e. The Bertz CT molecular complexity index is 996. The molecule has 2 N–H and O–H groups in total. The zero-order chi connectivity index (χ0) is 21.1. The van der Waals surface area contributed by atoms with Gasteiger partial charge in [0.2, 0.25) is 5.95 Å². The predicted octanol–water partition coefficient (Wildman–Crippen LogP) is 6.15. The molecule has 31 heavy (non-hydrogen) atoms. The van der Waals surface area contributed by atoms with Gasteiger partial charge in [-0.1, -0.05) is 48.8 Å². The third kappa shape index (κ3) is 5.59. The summed E-state index contributed by atoms with van der Waals surface area (Å²) in [6, 6.07) is 14.6. The van der Waals surface area contributed by atoms with Crippen LogP contribution in [0, 0.1) is 0 Å². The lowest BCUT2D eigenvalue weighted by Crippen LogP contribution is -2.37. The van der Waals surface area contributed by atoms with Crippen molar-refractivity contribution in [1.29, 1.82) is 0 Å². The van der Waals surface area contributed by atoms with Crippen molar-refractivity contribution in [2.24, 2.45) is 0 Å². The quantitative estimate of drug-likeness (QED) is 0.462.